The number of hydrogen-bond acceptors (Lipinski definition) is 7. The molecule has 0 aliphatic carbocycles. The van der Waals surface area contributed by atoms with Gasteiger partial charge in [-0.3, -0.25) is 5.32 Å². The normalized spacial score (nSPS) is 22.4. The molecule has 3 heterocycles. The van der Waals surface area contributed by atoms with Crippen molar-refractivity contribution in [1.82, 2.24) is 20.4 Å². The molecule has 0 unspecified atom stereocenters. The Morgan fingerprint density at radius 1 is 1.18 bits per heavy atom. The smallest absolute Gasteiger partial charge is 0.138 e. The topological polar surface area (TPSA) is 89.9 Å². The van der Waals surface area contributed by atoms with Crippen molar-refractivity contribution in [1.29, 1.82) is 0 Å². The molecule has 0 bridgehead atoms. The lowest BCUT2D eigenvalue weighted by molar-refractivity contribution is 0.390. The predicted molar refractivity (Wildman–Crippen MR) is 102 cm³/mol. The van der Waals surface area contributed by atoms with Crippen LogP contribution >= 0.6 is 11.8 Å². The first-order valence-electron chi connectivity index (χ1n) is 8.78. The maximum Gasteiger partial charge on any atom is 0.138 e. The van der Waals surface area contributed by atoms with Crippen molar-refractivity contribution in [2.45, 2.75) is 37.1 Å². The molecule has 1 aliphatic heterocycles. The van der Waals surface area contributed by atoms with Gasteiger partial charge < -0.3 is 10.3 Å². The summed E-state index contributed by atoms with van der Waals surface area (Å²) in [6.07, 6.45) is 4.92. The summed E-state index contributed by atoms with van der Waals surface area (Å²) in [5, 5.41) is 7.19. The van der Waals surface area contributed by atoms with Crippen molar-refractivity contribution < 1.29 is 13.3 Å². The summed E-state index contributed by atoms with van der Waals surface area (Å²) >= 11 is 1.53. The third-order valence-electron chi connectivity index (χ3n) is 4.87. The van der Waals surface area contributed by atoms with E-state index < -0.39 is 17.1 Å². The summed E-state index contributed by atoms with van der Waals surface area (Å²) in [5.41, 5.74) is 8.62. The molecule has 6 nitrogen and oxygen atoms in total. The molecule has 3 N–H and O–H groups in total. The van der Waals surface area contributed by atoms with Gasteiger partial charge in [-0.05, 0) is 26.3 Å². The van der Waals surface area contributed by atoms with E-state index in [2.05, 4.69) is 20.4 Å². The van der Waals surface area contributed by atoms with Crippen LogP contribution in [0.15, 0.2) is 35.4 Å². The van der Waals surface area contributed by atoms with Crippen molar-refractivity contribution in [3.63, 3.8) is 0 Å². The minimum absolute atomic E-state index is 0.0135. The van der Waals surface area contributed by atoms with Crippen LogP contribution in [-0.4, -0.2) is 20.6 Å². The summed E-state index contributed by atoms with van der Waals surface area (Å²) in [6.45, 7) is 3.73. The van der Waals surface area contributed by atoms with Crippen LogP contribution in [0.4, 0.5) is 8.78 Å². The van der Waals surface area contributed by atoms with Gasteiger partial charge >= 0.3 is 0 Å². The average Bonchev–Trinajstić information content (AvgIpc) is 3.00. The number of aryl methyl sites for hydroxylation is 2. The Bertz CT molecular complexity index is 978. The van der Waals surface area contributed by atoms with Gasteiger partial charge in [-0.1, -0.05) is 5.16 Å². The van der Waals surface area contributed by atoms with E-state index in [9.17, 15) is 8.78 Å². The first kappa shape index (κ1) is 19.0. The third-order valence-corrected chi connectivity index (χ3v) is 6.06. The number of nitrogens with one attached hydrogen (secondary N) is 1. The van der Waals surface area contributed by atoms with E-state index in [1.165, 1.54) is 36.5 Å². The first-order chi connectivity index (χ1) is 13.4. The number of benzene rings is 1. The highest BCUT2D eigenvalue weighted by Gasteiger charge is 2.33. The summed E-state index contributed by atoms with van der Waals surface area (Å²) < 4.78 is 34.4. The van der Waals surface area contributed by atoms with E-state index in [0.717, 1.165) is 23.1 Å². The Balaban J connectivity index is 1.72. The molecule has 1 saturated heterocycles. The van der Waals surface area contributed by atoms with E-state index in [-0.39, 0.29) is 16.9 Å². The highest BCUT2D eigenvalue weighted by atomic mass is 32.2. The number of thioether (sulfide) groups is 1. The fourth-order valence-corrected chi connectivity index (χ4v) is 4.97. The molecule has 0 amide bonds. The monoisotopic (exact) mass is 403 g/mol. The van der Waals surface area contributed by atoms with Gasteiger partial charge in [0.2, 0.25) is 0 Å². The number of rotatable bonds is 3. The van der Waals surface area contributed by atoms with E-state index >= 15 is 0 Å². The number of halogens is 2. The highest BCUT2D eigenvalue weighted by Crippen LogP contribution is 2.45. The van der Waals surface area contributed by atoms with E-state index in [4.69, 9.17) is 10.3 Å². The lowest BCUT2D eigenvalue weighted by Gasteiger charge is -2.34. The minimum Gasteiger partial charge on any atom is -0.361 e. The third kappa shape index (κ3) is 3.52. The van der Waals surface area contributed by atoms with Crippen molar-refractivity contribution >= 4 is 11.8 Å². The van der Waals surface area contributed by atoms with Crippen LogP contribution in [0.1, 0.15) is 40.3 Å². The van der Waals surface area contributed by atoms with Gasteiger partial charge in [-0.2, -0.15) is 0 Å². The maximum absolute atomic E-state index is 14.7. The largest absolute Gasteiger partial charge is 0.361 e. The number of aromatic nitrogens is 3. The van der Waals surface area contributed by atoms with Crippen LogP contribution in [0.2, 0.25) is 0 Å². The van der Waals surface area contributed by atoms with E-state index in [1.54, 1.807) is 0 Å². The summed E-state index contributed by atoms with van der Waals surface area (Å²) in [5.74, 6) is -0.551. The van der Waals surface area contributed by atoms with Gasteiger partial charge in [-0.15, -0.1) is 11.8 Å². The van der Waals surface area contributed by atoms with Crippen LogP contribution in [-0.2, 0) is 0 Å². The van der Waals surface area contributed by atoms with Crippen LogP contribution in [0, 0.1) is 25.5 Å². The van der Waals surface area contributed by atoms with Gasteiger partial charge in [-0.25, -0.2) is 18.7 Å². The van der Waals surface area contributed by atoms with Crippen molar-refractivity contribution in [2.24, 2.45) is 5.73 Å². The lowest BCUT2D eigenvalue weighted by Crippen LogP contribution is -2.42. The second-order valence-electron chi connectivity index (χ2n) is 6.72. The number of nitrogens with two attached hydrogens (primary N) is 1. The van der Waals surface area contributed by atoms with Crippen LogP contribution < -0.4 is 11.1 Å². The molecule has 1 fully saturated rings. The second kappa shape index (κ2) is 7.57. The molecule has 146 valence electrons. The van der Waals surface area contributed by atoms with Gasteiger partial charge in [0.25, 0.3) is 0 Å². The summed E-state index contributed by atoms with van der Waals surface area (Å²) in [7, 11) is 0. The maximum atomic E-state index is 14.7. The molecule has 4 rings (SSSR count). The van der Waals surface area contributed by atoms with Crippen molar-refractivity contribution in [2.75, 3.05) is 0 Å². The molecule has 3 atom stereocenters. The predicted octanol–water partition coefficient (Wildman–Crippen LogP) is 3.78. The molecule has 1 aliphatic rings. The Morgan fingerprint density at radius 3 is 2.61 bits per heavy atom. The van der Waals surface area contributed by atoms with E-state index in [1.807, 2.05) is 13.8 Å². The Kier molecular flexibility index (Phi) is 5.13. The van der Waals surface area contributed by atoms with Gasteiger partial charge in [0.15, 0.2) is 0 Å². The van der Waals surface area contributed by atoms with E-state index in [0.29, 0.717) is 17.5 Å². The molecule has 0 radical (unpaired) electrons. The molecule has 3 aromatic rings. The molecule has 0 saturated carbocycles. The Labute approximate surface area is 164 Å². The van der Waals surface area contributed by atoms with Gasteiger partial charge in [0.1, 0.15) is 29.2 Å². The van der Waals surface area contributed by atoms with Gasteiger partial charge in [0, 0.05) is 52.0 Å². The molecular weight excluding hydrogens is 384 g/mol. The molecule has 0 spiro atoms. The fourth-order valence-electron chi connectivity index (χ4n) is 3.60. The van der Waals surface area contributed by atoms with Crippen molar-refractivity contribution in [3.05, 3.63) is 65.1 Å². The van der Waals surface area contributed by atoms with Gasteiger partial charge in [0.05, 0.1) is 5.69 Å². The molecule has 1 aromatic carbocycles. The zero-order valence-electron chi connectivity index (χ0n) is 15.3. The molecule has 2 aromatic heterocycles. The fraction of sp³-hybridized carbons (Fsp3) is 0.316. The van der Waals surface area contributed by atoms with Crippen LogP contribution in [0.5, 0.6) is 0 Å². The van der Waals surface area contributed by atoms with Crippen molar-refractivity contribution in [3.8, 4) is 11.1 Å². The van der Waals surface area contributed by atoms with Crippen LogP contribution in [0.3, 0.4) is 0 Å². The standard InChI is InChI=1S/C19H19F2N5OS/c1-9-18(10(2)27-26-9)17-5-16(25-19(22)28-17)13-3-12(14(20)4-15(13)21)11-6-23-8-24-7-11/h3-4,6-8,16-17,19,25H,5,22H2,1-2H3/t16-,17-,19+/m0/s1. The first-order valence-corrected chi connectivity index (χ1v) is 9.72. The summed E-state index contributed by atoms with van der Waals surface area (Å²) in [4.78, 5) is 7.83. The highest BCUT2D eigenvalue weighted by molar-refractivity contribution is 8.00. The quantitative estimate of drug-likeness (QED) is 0.688. The van der Waals surface area contributed by atoms with Crippen LogP contribution in [0.25, 0.3) is 11.1 Å². The molecule has 28 heavy (non-hydrogen) atoms. The zero-order chi connectivity index (χ0) is 19.8. The average molecular weight is 403 g/mol. The SMILES string of the molecule is Cc1noc(C)c1[C@@H]1C[C@@H](c2cc(-c3cncnc3)c(F)cc2F)N[C@@H](N)S1. The number of hydrogen-bond donors (Lipinski definition) is 2. The second-order valence-corrected chi connectivity index (χ2v) is 8.07. The summed E-state index contributed by atoms with van der Waals surface area (Å²) in [6, 6.07) is 2.02. The zero-order valence-corrected chi connectivity index (χ0v) is 16.1. The number of nitrogens with zero attached hydrogens (tertiary/aromatic N) is 3. The Morgan fingerprint density at radius 2 is 1.93 bits per heavy atom. The minimum atomic E-state index is -0.659. The molecular formula is C19H19F2N5OS. The Hall–Kier alpha value is -2.36. The lowest BCUT2D eigenvalue weighted by atomic mass is 9.94. The molecule has 9 heteroatoms.